The molecular weight excluding hydrogens is 448 g/mol. The predicted octanol–water partition coefficient (Wildman–Crippen LogP) is 6.71. The highest BCUT2D eigenvalue weighted by Gasteiger charge is 2.36. The van der Waals surface area contributed by atoms with Crippen molar-refractivity contribution in [3.05, 3.63) is 106 Å². The molecule has 0 bridgehead atoms. The minimum atomic E-state index is -0.443. The Bertz CT molecular complexity index is 1390. The van der Waals surface area contributed by atoms with Gasteiger partial charge < -0.3 is 9.84 Å². The lowest BCUT2D eigenvalue weighted by molar-refractivity contribution is 0.244. The molecular formula is C27H23ClN4O2. The van der Waals surface area contributed by atoms with Crippen molar-refractivity contribution >= 4 is 28.9 Å². The van der Waals surface area contributed by atoms with Crippen molar-refractivity contribution in [3.8, 4) is 11.4 Å². The molecule has 34 heavy (non-hydrogen) atoms. The SMILES string of the molecule is CC1=C(c2nc(-c3ccccc3)no2)C(c2ccc(C)cc2)NC(=O)N1c1ccc(Cl)c(C)c1. The summed E-state index contributed by atoms with van der Waals surface area (Å²) in [6, 6.07) is 22.5. The summed E-state index contributed by atoms with van der Waals surface area (Å²) in [7, 11) is 0. The minimum Gasteiger partial charge on any atom is -0.334 e. The van der Waals surface area contributed by atoms with Crippen LogP contribution in [0.3, 0.4) is 0 Å². The first kappa shape index (κ1) is 21.9. The van der Waals surface area contributed by atoms with Gasteiger partial charge in [0.25, 0.3) is 5.89 Å². The van der Waals surface area contributed by atoms with Gasteiger partial charge in [-0.15, -0.1) is 0 Å². The lowest BCUT2D eigenvalue weighted by Gasteiger charge is -2.35. The van der Waals surface area contributed by atoms with Gasteiger partial charge in [-0.3, -0.25) is 4.90 Å². The summed E-state index contributed by atoms with van der Waals surface area (Å²) in [5.74, 6) is 0.849. The lowest BCUT2D eigenvalue weighted by atomic mass is 9.94. The summed E-state index contributed by atoms with van der Waals surface area (Å²) in [5, 5.41) is 7.99. The third-order valence-corrected chi connectivity index (χ3v) is 6.41. The van der Waals surface area contributed by atoms with Gasteiger partial charge >= 0.3 is 6.03 Å². The number of aromatic nitrogens is 2. The highest BCUT2D eigenvalue weighted by Crippen LogP contribution is 2.39. The number of nitrogens with zero attached hydrogens (tertiary/aromatic N) is 3. The smallest absolute Gasteiger partial charge is 0.326 e. The Morgan fingerprint density at radius 1 is 0.971 bits per heavy atom. The summed E-state index contributed by atoms with van der Waals surface area (Å²) in [6.45, 7) is 5.83. The van der Waals surface area contributed by atoms with Gasteiger partial charge in [-0.2, -0.15) is 4.98 Å². The molecule has 2 heterocycles. The molecule has 0 fully saturated rings. The molecule has 0 radical (unpaired) electrons. The number of carbonyl (C=O) groups is 1. The van der Waals surface area contributed by atoms with Gasteiger partial charge in [0.1, 0.15) is 0 Å². The summed E-state index contributed by atoms with van der Waals surface area (Å²) >= 11 is 6.23. The van der Waals surface area contributed by atoms with Crippen molar-refractivity contribution in [2.75, 3.05) is 4.90 Å². The first-order valence-corrected chi connectivity index (χ1v) is 11.3. The molecule has 1 aromatic heterocycles. The maximum absolute atomic E-state index is 13.3. The molecule has 6 nitrogen and oxygen atoms in total. The van der Waals surface area contributed by atoms with E-state index >= 15 is 0 Å². The topological polar surface area (TPSA) is 71.3 Å². The quantitative estimate of drug-likeness (QED) is 0.360. The Morgan fingerprint density at radius 3 is 2.41 bits per heavy atom. The van der Waals surface area contributed by atoms with Crippen molar-refractivity contribution in [1.82, 2.24) is 15.5 Å². The summed E-state index contributed by atoms with van der Waals surface area (Å²) in [4.78, 5) is 19.7. The Hall–Kier alpha value is -3.90. The minimum absolute atomic E-state index is 0.239. The molecule has 1 N–H and O–H groups in total. The molecule has 4 aromatic rings. The molecule has 5 rings (SSSR count). The number of allylic oxidation sites excluding steroid dienone is 1. The van der Waals surface area contributed by atoms with Crippen molar-refractivity contribution < 1.29 is 9.32 Å². The summed E-state index contributed by atoms with van der Waals surface area (Å²) in [5.41, 5.74) is 5.96. The molecule has 1 aliphatic rings. The third kappa shape index (κ3) is 3.97. The third-order valence-electron chi connectivity index (χ3n) is 5.98. The van der Waals surface area contributed by atoms with E-state index in [4.69, 9.17) is 21.1 Å². The van der Waals surface area contributed by atoms with Crippen LogP contribution in [0, 0.1) is 13.8 Å². The van der Waals surface area contributed by atoms with E-state index in [0.717, 1.165) is 27.8 Å². The molecule has 1 unspecified atom stereocenters. The standard InChI is InChI=1S/C27H23ClN4O2/c1-16-9-11-19(12-10-16)24-23(26-30-25(31-34-26)20-7-5-4-6-8-20)18(3)32(27(33)29-24)21-13-14-22(28)17(2)15-21/h4-15,24H,1-3H3,(H,29,33). The van der Waals surface area contributed by atoms with Crippen molar-refractivity contribution in [3.63, 3.8) is 0 Å². The molecule has 0 aliphatic carbocycles. The first-order valence-electron chi connectivity index (χ1n) is 11.0. The fourth-order valence-corrected chi connectivity index (χ4v) is 4.26. The number of nitrogens with one attached hydrogen (secondary N) is 1. The number of benzene rings is 3. The number of urea groups is 1. The van der Waals surface area contributed by atoms with Crippen LogP contribution in [0.1, 0.15) is 35.5 Å². The number of anilines is 1. The Balaban J connectivity index is 1.66. The Kier molecular flexibility index (Phi) is 5.67. The predicted molar refractivity (Wildman–Crippen MR) is 133 cm³/mol. The molecule has 7 heteroatoms. The van der Waals surface area contributed by atoms with Gasteiger partial charge in [0.15, 0.2) is 0 Å². The second kappa shape index (κ2) is 8.80. The van der Waals surface area contributed by atoms with E-state index < -0.39 is 6.04 Å². The molecule has 170 valence electrons. The van der Waals surface area contributed by atoms with Crippen LogP contribution in [0.2, 0.25) is 5.02 Å². The van der Waals surface area contributed by atoms with Crippen molar-refractivity contribution in [2.24, 2.45) is 0 Å². The Labute approximate surface area is 202 Å². The zero-order valence-electron chi connectivity index (χ0n) is 19.0. The van der Waals surface area contributed by atoms with Gasteiger partial charge in [-0.25, -0.2) is 4.79 Å². The number of hydrogen-bond donors (Lipinski definition) is 1. The highest BCUT2D eigenvalue weighted by molar-refractivity contribution is 6.31. The van der Waals surface area contributed by atoms with Gasteiger partial charge in [0.05, 0.1) is 17.3 Å². The zero-order chi connectivity index (χ0) is 23.8. The van der Waals surface area contributed by atoms with Crippen LogP contribution in [0.25, 0.3) is 17.0 Å². The molecule has 1 aliphatic heterocycles. The molecule has 2 amide bonds. The number of amides is 2. The van der Waals surface area contributed by atoms with Crippen molar-refractivity contribution in [1.29, 1.82) is 0 Å². The van der Waals surface area contributed by atoms with Gasteiger partial charge in [0.2, 0.25) is 5.82 Å². The number of halogens is 1. The fourth-order valence-electron chi connectivity index (χ4n) is 4.15. The van der Waals surface area contributed by atoms with E-state index in [2.05, 4.69) is 10.5 Å². The molecule has 0 spiro atoms. The van der Waals surface area contributed by atoms with Gasteiger partial charge in [-0.05, 0) is 50.1 Å². The van der Waals surface area contributed by atoms with Gasteiger partial charge in [0, 0.05) is 16.3 Å². The second-order valence-electron chi connectivity index (χ2n) is 8.35. The van der Waals surface area contributed by atoms with E-state index in [1.165, 1.54) is 0 Å². The maximum Gasteiger partial charge on any atom is 0.326 e. The molecule has 3 aromatic carbocycles. The number of rotatable bonds is 4. The van der Waals surface area contributed by atoms with E-state index in [1.807, 2.05) is 87.5 Å². The van der Waals surface area contributed by atoms with Crippen LogP contribution in [0.4, 0.5) is 10.5 Å². The number of aryl methyl sites for hydroxylation is 2. The average molecular weight is 471 g/mol. The number of carbonyl (C=O) groups excluding carboxylic acids is 1. The van der Waals surface area contributed by atoms with Gasteiger partial charge in [-0.1, -0.05) is 76.9 Å². The molecule has 0 saturated carbocycles. The van der Waals surface area contributed by atoms with E-state index in [-0.39, 0.29) is 6.03 Å². The highest BCUT2D eigenvalue weighted by atomic mass is 35.5. The summed E-state index contributed by atoms with van der Waals surface area (Å²) < 4.78 is 5.75. The Morgan fingerprint density at radius 2 is 1.71 bits per heavy atom. The van der Waals surface area contributed by atoms with E-state index in [1.54, 1.807) is 11.0 Å². The second-order valence-corrected chi connectivity index (χ2v) is 8.76. The maximum atomic E-state index is 13.3. The summed E-state index contributed by atoms with van der Waals surface area (Å²) in [6.07, 6.45) is 0. The van der Waals surface area contributed by atoms with Crippen LogP contribution in [0.15, 0.2) is 83.0 Å². The van der Waals surface area contributed by atoms with E-state index in [9.17, 15) is 4.79 Å². The van der Waals surface area contributed by atoms with Crippen molar-refractivity contribution in [2.45, 2.75) is 26.8 Å². The normalized spacial score (nSPS) is 16.1. The molecule has 0 saturated heterocycles. The largest absolute Gasteiger partial charge is 0.334 e. The van der Waals surface area contributed by atoms with Crippen LogP contribution >= 0.6 is 11.6 Å². The van der Waals surface area contributed by atoms with Crippen LogP contribution in [0.5, 0.6) is 0 Å². The zero-order valence-corrected chi connectivity index (χ0v) is 19.8. The van der Waals surface area contributed by atoms with Crippen LogP contribution < -0.4 is 10.2 Å². The van der Waals surface area contributed by atoms with Crippen LogP contribution in [-0.4, -0.2) is 16.2 Å². The average Bonchev–Trinajstić information content (AvgIpc) is 3.32. The van der Waals surface area contributed by atoms with E-state index in [0.29, 0.717) is 28.1 Å². The number of hydrogen-bond acceptors (Lipinski definition) is 4. The lowest BCUT2D eigenvalue weighted by Crippen LogP contribution is -2.46. The monoisotopic (exact) mass is 470 g/mol. The molecule has 1 atom stereocenters. The first-order chi connectivity index (χ1) is 16.4. The van der Waals surface area contributed by atoms with Crippen LogP contribution in [-0.2, 0) is 0 Å². The fraction of sp³-hybridized carbons (Fsp3) is 0.148.